The summed E-state index contributed by atoms with van der Waals surface area (Å²) in [4.78, 5) is 33.0. The second kappa shape index (κ2) is 15.3. The van der Waals surface area contributed by atoms with Gasteiger partial charge in [-0.05, 0) is 37.1 Å². The fraction of sp³-hybridized carbons (Fsp3) is 0.423. The van der Waals surface area contributed by atoms with Gasteiger partial charge in [0, 0.05) is 26.1 Å². The van der Waals surface area contributed by atoms with E-state index in [4.69, 9.17) is 9.47 Å². The quantitative estimate of drug-likeness (QED) is 0.144. The maximum absolute atomic E-state index is 12.6. The van der Waals surface area contributed by atoms with Crippen LogP contribution < -0.4 is 0 Å². The van der Waals surface area contributed by atoms with Crippen molar-refractivity contribution in [2.75, 3.05) is 13.2 Å². The van der Waals surface area contributed by atoms with E-state index in [1.165, 1.54) is 24.3 Å². The number of carbonyl (C=O) groups is 3. The van der Waals surface area contributed by atoms with Gasteiger partial charge in [-0.3, -0.25) is 9.59 Å². The van der Waals surface area contributed by atoms with E-state index in [1.54, 1.807) is 13.8 Å². The Hall–Kier alpha value is -3.05. The predicted octanol–water partition coefficient (Wildman–Crippen LogP) is 6.01. The van der Waals surface area contributed by atoms with Gasteiger partial charge in [0.1, 0.15) is 17.9 Å². The van der Waals surface area contributed by atoms with E-state index in [-0.39, 0.29) is 37.0 Å². The van der Waals surface area contributed by atoms with Crippen molar-refractivity contribution in [1.82, 2.24) is 0 Å². The lowest BCUT2D eigenvalue weighted by molar-refractivity contribution is -0.151. The van der Waals surface area contributed by atoms with Crippen LogP contribution in [-0.4, -0.2) is 37.4 Å². The Bertz CT molecular complexity index is 1010. The zero-order chi connectivity index (χ0) is 28.1. The molecule has 0 amide bonds. The van der Waals surface area contributed by atoms with Crippen LogP contribution in [0.5, 0.6) is 0 Å². The second-order valence-corrected chi connectivity index (χ2v) is 7.74. The molecule has 0 aromatic heterocycles. The summed E-state index contributed by atoms with van der Waals surface area (Å²) in [6.07, 6.45) is -9.48. The van der Waals surface area contributed by atoms with E-state index >= 15 is 0 Å². The molecule has 5 nitrogen and oxygen atoms in total. The molecular formula is C26H28F6O5. The maximum Gasteiger partial charge on any atom is 0.416 e. The van der Waals surface area contributed by atoms with Crippen molar-refractivity contribution in [2.24, 2.45) is 0 Å². The third kappa shape index (κ3) is 12.7. The standard InChI is InChI=1S/C15H19F3O3.C11H9F3O2/c1-3-20-14(21-4-2)10-13(19)9-11-6-5-7-12(8-11)15(16,17)18;12-11(13,14)9-3-1-2-8(6-9)7-10(16)4-5-15/h5-8,14H,3-4,9-10H2,1-2H3;1-3,5-6H,4,7H2. The van der Waals surface area contributed by atoms with Crippen LogP contribution in [0.15, 0.2) is 48.5 Å². The molecule has 0 unspecified atom stereocenters. The van der Waals surface area contributed by atoms with Crippen molar-refractivity contribution >= 4 is 17.9 Å². The molecule has 0 bridgehead atoms. The lowest BCUT2D eigenvalue weighted by Gasteiger charge is -2.16. The maximum atomic E-state index is 12.6. The molecule has 11 heteroatoms. The molecule has 2 aromatic rings. The van der Waals surface area contributed by atoms with Gasteiger partial charge < -0.3 is 14.3 Å². The first-order valence-electron chi connectivity index (χ1n) is 11.3. The van der Waals surface area contributed by atoms with E-state index in [0.29, 0.717) is 25.1 Å². The molecule has 0 aliphatic rings. The van der Waals surface area contributed by atoms with E-state index in [9.17, 15) is 40.7 Å². The first kappa shape index (κ1) is 32.0. The summed E-state index contributed by atoms with van der Waals surface area (Å²) in [6.45, 7) is 4.37. The lowest BCUT2D eigenvalue weighted by Crippen LogP contribution is -2.22. The van der Waals surface area contributed by atoms with E-state index in [0.717, 1.165) is 24.3 Å². The first-order chi connectivity index (χ1) is 17.3. The minimum atomic E-state index is -4.41. The average molecular weight is 534 g/mol. The van der Waals surface area contributed by atoms with Crippen LogP contribution >= 0.6 is 0 Å². The molecule has 2 rings (SSSR count). The van der Waals surface area contributed by atoms with Crippen molar-refractivity contribution in [2.45, 2.75) is 58.2 Å². The molecule has 204 valence electrons. The lowest BCUT2D eigenvalue weighted by atomic mass is 10.0. The summed E-state index contributed by atoms with van der Waals surface area (Å²) < 4.78 is 85.2. The van der Waals surface area contributed by atoms with Gasteiger partial charge in [0.25, 0.3) is 0 Å². The van der Waals surface area contributed by atoms with Crippen LogP contribution in [0.1, 0.15) is 48.9 Å². The van der Waals surface area contributed by atoms with Crippen LogP contribution in [0.4, 0.5) is 26.3 Å². The molecule has 0 heterocycles. The molecule has 0 spiro atoms. The van der Waals surface area contributed by atoms with Gasteiger partial charge in [0.05, 0.1) is 24.0 Å². The van der Waals surface area contributed by atoms with Gasteiger partial charge in [-0.25, -0.2) is 0 Å². The van der Waals surface area contributed by atoms with Crippen LogP contribution in [0.25, 0.3) is 0 Å². The van der Waals surface area contributed by atoms with Crippen molar-refractivity contribution in [1.29, 1.82) is 0 Å². The van der Waals surface area contributed by atoms with Gasteiger partial charge in [0.2, 0.25) is 0 Å². The van der Waals surface area contributed by atoms with Gasteiger partial charge >= 0.3 is 12.4 Å². The molecule has 0 aliphatic heterocycles. The second-order valence-electron chi connectivity index (χ2n) is 7.74. The summed E-state index contributed by atoms with van der Waals surface area (Å²) in [5.74, 6) is -0.615. The number of carbonyl (C=O) groups excluding carboxylic acids is 3. The normalized spacial score (nSPS) is 11.6. The number of benzene rings is 2. The monoisotopic (exact) mass is 534 g/mol. The van der Waals surface area contributed by atoms with E-state index in [1.807, 2.05) is 0 Å². The van der Waals surface area contributed by atoms with Crippen LogP contribution in [0.3, 0.4) is 0 Å². The molecule has 0 radical (unpaired) electrons. The Labute approximate surface area is 210 Å². The molecule has 0 N–H and O–H groups in total. The van der Waals surface area contributed by atoms with E-state index in [2.05, 4.69) is 0 Å². The van der Waals surface area contributed by atoms with E-state index < -0.39 is 35.6 Å². The number of alkyl halides is 6. The molecule has 0 atom stereocenters. The van der Waals surface area contributed by atoms with Gasteiger partial charge in [-0.15, -0.1) is 0 Å². The number of rotatable bonds is 12. The summed E-state index contributed by atoms with van der Waals surface area (Å²) in [7, 11) is 0. The Kier molecular flexibility index (Phi) is 13.2. The number of halogens is 6. The highest BCUT2D eigenvalue weighted by atomic mass is 19.4. The summed E-state index contributed by atoms with van der Waals surface area (Å²) in [5, 5.41) is 0. The molecule has 2 aromatic carbocycles. The highest BCUT2D eigenvalue weighted by molar-refractivity contribution is 5.91. The van der Waals surface area contributed by atoms with Crippen LogP contribution in [0, 0.1) is 0 Å². The number of hydrogen-bond donors (Lipinski definition) is 0. The fourth-order valence-corrected chi connectivity index (χ4v) is 3.13. The molecule has 0 saturated heterocycles. The SMILES string of the molecule is CCOC(CC(=O)Cc1cccc(C(F)(F)F)c1)OCC.O=CCC(=O)Cc1cccc(C(F)(F)F)c1. The predicted molar refractivity (Wildman–Crippen MR) is 123 cm³/mol. The molecular weight excluding hydrogens is 506 g/mol. The average Bonchev–Trinajstić information content (AvgIpc) is 2.79. The fourth-order valence-electron chi connectivity index (χ4n) is 3.13. The molecule has 37 heavy (non-hydrogen) atoms. The zero-order valence-electron chi connectivity index (χ0n) is 20.3. The van der Waals surface area contributed by atoms with Crippen molar-refractivity contribution in [3.8, 4) is 0 Å². The smallest absolute Gasteiger partial charge is 0.352 e. The van der Waals surface area contributed by atoms with Crippen LogP contribution in [-0.2, 0) is 49.1 Å². The topological polar surface area (TPSA) is 69.7 Å². The Balaban J connectivity index is 0.000000384. The molecule has 0 fully saturated rings. The first-order valence-corrected chi connectivity index (χ1v) is 11.3. The number of ether oxygens (including phenoxy) is 2. The van der Waals surface area contributed by atoms with Crippen LogP contribution in [0.2, 0.25) is 0 Å². The minimum absolute atomic E-state index is 0.0257. The highest BCUT2D eigenvalue weighted by Gasteiger charge is 2.31. The van der Waals surface area contributed by atoms with Gasteiger partial charge in [-0.1, -0.05) is 36.4 Å². The Morgan fingerprint density at radius 2 is 1.22 bits per heavy atom. The van der Waals surface area contributed by atoms with Gasteiger partial charge in [-0.2, -0.15) is 26.3 Å². The summed E-state index contributed by atoms with van der Waals surface area (Å²) >= 11 is 0. The van der Waals surface area contributed by atoms with Crippen molar-refractivity contribution in [3.05, 3.63) is 70.8 Å². The molecule has 0 aliphatic carbocycles. The summed E-state index contributed by atoms with van der Waals surface area (Å²) in [5.41, 5.74) is -0.939. The Morgan fingerprint density at radius 3 is 1.59 bits per heavy atom. The number of Topliss-reactive ketones (excluding diaryl/α,β-unsaturated/α-hetero) is 2. The molecule has 0 saturated carbocycles. The third-order valence-corrected chi connectivity index (χ3v) is 4.72. The number of hydrogen-bond acceptors (Lipinski definition) is 5. The number of ketones is 2. The minimum Gasteiger partial charge on any atom is -0.352 e. The highest BCUT2D eigenvalue weighted by Crippen LogP contribution is 2.30. The number of aldehydes is 1. The van der Waals surface area contributed by atoms with Crippen molar-refractivity contribution in [3.63, 3.8) is 0 Å². The Morgan fingerprint density at radius 1 is 0.784 bits per heavy atom. The third-order valence-electron chi connectivity index (χ3n) is 4.72. The zero-order valence-corrected chi connectivity index (χ0v) is 20.3. The summed E-state index contributed by atoms with van der Waals surface area (Å²) in [6, 6.07) is 9.31. The van der Waals surface area contributed by atoms with Gasteiger partial charge in [0.15, 0.2) is 6.29 Å². The van der Waals surface area contributed by atoms with Crippen molar-refractivity contribution < 1.29 is 50.2 Å². The largest absolute Gasteiger partial charge is 0.416 e.